The number of hydrazine groups is 1. The van der Waals surface area contributed by atoms with Gasteiger partial charge >= 0.3 is 0 Å². The van der Waals surface area contributed by atoms with Crippen LogP contribution in [0.1, 0.15) is 13.8 Å². The molecule has 5 N–H and O–H groups in total. The van der Waals surface area contributed by atoms with Crippen molar-refractivity contribution in [2.24, 2.45) is 11.8 Å². The number of anilines is 2. The Balaban J connectivity index is 2.50. The quantitative estimate of drug-likeness (QED) is 0.410. The number of nitrogens with one attached hydrogen (secondary N) is 2. The average Bonchev–Trinajstić information content (AvgIpc) is 2.26. The molecule has 1 heterocycles. The second-order valence-electron chi connectivity index (χ2n) is 3.63. The van der Waals surface area contributed by atoms with Crippen molar-refractivity contribution in [1.82, 2.24) is 9.97 Å². The van der Waals surface area contributed by atoms with Gasteiger partial charge in [0, 0.05) is 6.54 Å². The first-order valence-corrected chi connectivity index (χ1v) is 4.84. The molecule has 0 aromatic carbocycles. The summed E-state index contributed by atoms with van der Waals surface area (Å²) < 4.78 is 0. The van der Waals surface area contributed by atoms with Gasteiger partial charge in [0.25, 0.3) is 0 Å². The standard InChI is InChI=1S/C9H17N5O/c1-6(2)7(15)3-12-8-4-11-5-9(13-8)14-10/h4-7,15H,3,10H2,1-2H3,(H2,12,13,14). The number of hydrogen-bond acceptors (Lipinski definition) is 6. The van der Waals surface area contributed by atoms with E-state index in [0.29, 0.717) is 18.2 Å². The Bertz CT molecular complexity index is 304. The van der Waals surface area contributed by atoms with Gasteiger partial charge in [0.15, 0.2) is 5.82 Å². The maximum Gasteiger partial charge on any atom is 0.160 e. The van der Waals surface area contributed by atoms with Crippen molar-refractivity contribution in [3.8, 4) is 0 Å². The van der Waals surface area contributed by atoms with Crippen molar-refractivity contribution < 1.29 is 5.11 Å². The minimum atomic E-state index is -0.402. The summed E-state index contributed by atoms with van der Waals surface area (Å²) in [7, 11) is 0. The third-order valence-corrected chi connectivity index (χ3v) is 2.04. The van der Waals surface area contributed by atoms with E-state index in [2.05, 4.69) is 20.7 Å². The predicted octanol–water partition coefficient (Wildman–Crippen LogP) is 0.191. The number of aliphatic hydroxyl groups is 1. The summed E-state index contributed by atoms with van der Waals surface area (Å²) in [5.41, 5.74) is 2.40. The molecule has 0 spiro atoms. The fourth-order valence-electron chi connectivity index (χ4n) is 0.966. The molecule has 0 amide bonds. The van der Waals surface area contributed by atoms with Gasteiger partial charge in [-0.05, 0) is 5.92 Å². The largest absolute Gasteiger partial charge is 0.391 e. The van der Waals surface area contributed by atoms with E-state index in [-0.39, 0.29) is 5.92 Å². The molecule has 1 unspecified atom stereocenters. The Kier molecular flexibility index (Phi) is 4.26. The molecular formula is C9H17N5O. The smallest absolute Gasteiger partial charge is 0.160 e. The van der Waals surface area contributed by atoms with Crippen LogP contribution >= 0.6 is 0 Å². The summed E-state index contributed by atoms with van der Waals surface area (Å²) in [6.45, 7) is 4.35. The van der Waals surface area contributed by atoms with E-state index < -0.39 is 6.10 Å². The molecule has 0 aliphatic rings. The van der Waals surface area contributed by atoms with Crippen molar-refractivity contribution in [2.45, 2.75) is 20.0 Å². The number of nitrogen functional groups attached to an aromatic ring is 1. The molecule has 1 aromatic heterocycles. The van der Waals surface area contributed by atoms with Gasteiger partial charge in [-0.15, -0.1) is 0 Å². The molecular weight excluding hydrogens is 194 g/mol. The summed E-state index contributed by atoms with van der Waals surface area (Å²) in [5, 5.41) is 12.5. The van der Waals surface area contributed by atoms with E-state index in [1.807, 2.05) is 13.8 Å². The Labute approximate surface area is 88.9 Å². The number of aromatic nitrogens is 2. The monoisotopic (exact) mass is 211 g/mol. The highest BCUT2D eigenvalue weighted by atomic mass is 16.3. The molecule has 6 nitrogen and oxygen atoms in total. The lowest BCUT2D eigenvalue weighted by molar-refractivity contribution is 0.138. The van der Waals surface area contributed by atoms with Crippen LogP contribution in [0.4, 0.5) is 11.6 Å². The Morgan fingerprint density at radius 1 is 1.40 bits per heavy atom. The minimum Gasteiger partial charge on any atom is -0.391 e. The molecule has 0 saturated carbocycles. The lowest BCUT2D eigenvalue weighted by Crippen LogP contribution is -2.25. The van der Waals surface area contributed by atoms with Gasteiger partial charge in [-0.1, -0.05) is 13.8 Å². The van der Waals surface area contributed by atoms with Crippen molar-refractivity contribution in [2.75, 3.05) is 17.3 Å². The molecule has 1 atom stereocenters. The number of hydrogen-bond donors (Lipinski definition) is 4. The lowest BCUT2D eigenvalue weighted by Gasteiger charge is -2.15. The molecule has 1 rings (SSSR count). The van der Waals surface area contributed by atoms with Crippen LogP contribution in [0.3, 0.4) is 0 Å². The van der Waals surface area contributed by atoms with E-state index in [0.717, 1.165) is 0 Å². The van der Waals surface area contributed by atoms with Gasteiger partial charge in [-0.2, -0.15) is 0 Å². The van der Waals surface area contributed by atoms with E-state index in [9.17, 15) is 5.11 Å². The van der Waals surface area contributed by atoms with Crippen LogP contribution in [-0.4, -0.2) is 27.7 Å². The van der Waals surface area contributed by atoms with Crippen LogP contribution in [0.25, 0.3) is 0 Å². The van der Waals surface area contributed by atoms with Crippen molar-refractivity contribution in [1.29, 1.82) is 0 Å². The highest BCUT2D eigenvalue weighted by Crippen LogP contribution is 2.07. The first-order chi connectivity index (χ1) is 7.13. The Hall–Kier alpha value is -1.40. The zero-order valence-electron chi connectivity index (χ0n) is 8.94. The van der Waals surface area contributed by atoms with Crippen LogP contribution in [0.2, 0.25) is 0 Å². The van der Waals surface area contributed by atoms with Crippen molar-refractivity contribution in [3.05, 3.63) is 12.4 Å². The van der Waals surface area contributed by atoms with Gasteiger partial charge in [0.05, 0.1) is 18.5 Å². The summed E-state index contributed by atoms with van der Waals surface area (Å²) in [6.07, 6.45) is 2.69. The molecule has 6 heteroatoms. The van der Waals surface area contributed by atoms with Crippen LogP contribution in [-0.2, 0) is 0 Å². The van der Waals surface area contributed by atoms with Crippen LogP contribution in [0, 0.1) is 5.92 Å². The van der Waals surface area contributed by atoms with E-state index in [4.69, 9.17) is 5.84 Å². The molecule has 0 aliphatic heterocycles. The van der Waals surface area contributed by atoms with Crippen LogP contribution in [0.15, 0.2) is 12.4 Å². The lowest BCUT2D eigenvalue weighted by atomic mass is 10.1. The molecule has 0 aliphatic carbocycles. The Morgan fingerprint density at radius 2 is 2.07 bits per heavy atom. The molecule has 15 heavy (non-hydrogen) atoms. The normalized spacial score (nSPS) is 12.6. The number of rotatable bonds is 5. The summed E-state index contributed by atoms with van der Waals surface area (Å²) in [4.78, 5) is 8.03. The first-order valence-electron chi connectivity index (χ1n) is 4.84. The topological polar surface area (TPSA) is 96.1 Å². The maximum absolute atomic E-state index is 9.56. The molecule has 84 valence electrons. The second-order valence-corrected chi connectivity index (χ2v) is 3.63. The SMILES string of the molecule is CC(C)C(O)CNc1cncc(NN)n1. The zero-order chi connectivity index (χ0) is 11.3. The third-order valence-electron chi connectivity index (χ3n) is 2.04. The molecule has 0 bridgehead atoms. The van der Waals surface area contributed by atoms with E-state index in [1.54, 1.807) is 6.20 Å². The van der Waals surface area contributed by atoms with Gasteiger partial charge < -0.3 is 15.8 Å². The van der Waals surface area contributed by atoms with E-state index in [1.165, 1.54) is 6.20 Å². The third kappa shape index (κ3) is 3.69. The molecule has 0 radical (unpaired) electrons. The van der Waals surface area contributed by atoms with E-state index >= 15 is 0 Å². The van der Waals surface area contributed by atoms with Gasteiger partial charge in [-0.25, -0.2) is 10.8 Å². The zero-order valence-corrected chi connectivity index (χ0v) is 8.94. The second kappa shape index (κ2) is 5.47. The molecule has 1 aromatic rings. The van der Waals surface area contributed by atoms with Crippen LogP contribution in [0.5, 0.6) is 0 Å². The molecule has 0 fully saturated rings. The summed E-state index contributed by atoms with van der Waals surface area (Å²) >= 11 is 0. The highest BCUT2D eigenvalue weighted by molar-refractivity contribution is 5.40. The molecule has 0 saturated heterocycles. The first kappa shape index (κ1) is 11.7. The van der Waals surface area contributed by atoms with Crippen molar-refractivity contribution >= 4 is 11.6 Å². The summed E-state index contributed by atoms with van der Waals surface area (Å²) in [6, 6.07) is 0. The highest BCUT2D eigenvalue weighted by Gasteiger charge is 2.08. The van der Waals surface area contributed by atoms with Gasteiger partial charge in [-0.3, -0.25) is 4.98 Å². The number of aliphatic hydroxyl groups excluding tert-OH is 1. The maximum atomic E-state index is 9.56. The fourth-order valence-corrected chi connectivity index (χ4v) is 0.966. The number of nitrogens with zero attached hydrogens (tertiary/aromatic N) is 2. The average molecular weight is 211 g/mol. The van der Waals surface area contributed by atoms with Gasteiger partial charge in [0.2, 0.25) is 0 Å². The minimum absolute atomic E-state index is 0.210. The Morgan fingerprint density at radius 3 is 2.67 bits per heavy atom. The predicted molar refractivity (Wildman–Crippen MR) is 59.2 cm³/mol. The summed E-state index contributed by atoms with van der Waals surface area (Å²) in [5.74, 6) is 6.48. The fraction of sp³-hybridized carbons (Fsp3) is 0.556. The van der Waals surface area contributed by atoms with Crippen LogP contribution < -0.4 is 16.6 Å². The van der Waals surface area contributed by atoms with Gasteiger partial charge in [0.1, 0.15) is 5.82 Å². The number of nitrogens with two attached hydrogens (primary N) is 1. The van der Waals surface area contributed by atoms with Crippen molar-refractivity contribution in [3.63, 3.8) is 0 Å².